The molecule has 1 aliphatic rings. The molecule has 1 fully saturated rings. The van der Waals surface area contributed by atoms with Gasteiger partial charge in [0.2, 0.25) is 5.89 Å². The van der Waals surface area contributed by atoms with E-state index in [4.69, 9.17) is 4.52 Å². The fourth-order valence-electron chi connectivity index (χ4n) is 3.68. The molecule has 1 amide bonds. The van der Waals surface area contributed by atoms with Crippen LogP contribution in [0, 0.1) is 19.7 Å². The van der Waals surface area contributed by atoms with E-state index in [0.717, 1.165) is 25.7 Å². The van der Waals surface area contributed by atoms with Gasteiger partial charge in [0, 0.05) is 24.1 Å². The zero-order valence-corrected chi connectivity index (χ0v) is 14.7. The molecule has 0 atom stereocenters. The van der Waals surface area contributed by atoms with Gasteiger partial charge in [-0.1, -0.05) is 18.0 Å². The molecule has 3 aromatic rings. The third-order valence-electron chi connectivity index (χ3n) is 4.91. The number of hydrogen-bond acceptors (Lipinski definition) is 5. The smallest absolute Gasteiger partial charge is 0.252 e. The SMILES string of the molecule is Cc1cc(C(=O)NC2(c3noc(C)n3)CCCC2)c2ccc(F)cc2n1. The van der Waals surface area contributed by atoms with E-state index in [1.807, 2.05) is 0 Å². The minimum atomic E-state index is -0.627. The van der Waals surface area contributed by atoms with Gasteiger partial charge in [-0.25, -0.2) is 4.39 Å². The van der Waals surface area contributed by atoms with Crippen molar-refractivity contribution in [1.29, 1.82) is 0 Å². The van der Waals surface area contributed by atoms with E-state index in [0.29, 0.717) is 33.9 Å². The fraction of sp³-hybridized carbons (Fsp3) is 0.368. The van der Waals surface area contributed by atoms with Crippen LogP contribution in [0.5, 0.6) is 0 Å². The number of amides is 1. The molecule has 1 aromatic carbocycles. The lowest BCUT2D eigenvalue weighted by Gasteiger charge is -2.27. The maximum Gasteiger partial charge on any atom is 0.252 e. The van der Waals surface area contributed by atoms with Crippen LogP contribution < -0.4 is 5.32 Å². The van der Waals surface area contributed by atoms with E-state index in [2.05, 4.69) is 20.4 Å². The lowest BCUT2D eigenvalue weighted by molar-refractivity contribution is 0.0893. The van der Waals surface area contributed by atoms with Crippen LogP contribution in [0.4, 0.5) is 4.39 Å². The Labute approximate surface area is 149 Å². The van der Waals surface area contributed by atoms with Crippen LogP contribution in [0.1, 0.15) is 53.5 Å². The second kappa shape index (κ2) is 6.16. The highest BCUT2D eigenvalue weighted by molar-refractivity contribution is 6.06. The number of pyridine rings is 1. The van der Waals surface area contributed by atoms with Crippen molar-refractivity contribution < 1.29 is 13.7 Å². The number of benzene rings is 1. The normalized spacial score (nSPS) is 16.1. The highest BCUT2D eigenvalue weighted by Crippen LogP contribution is 2.37. The number of hydrogen-bond donors (Lipinski definition) is 1. The average molecular weight is 354 g/mol. The van der Waals surface area contributed by atoms with Crippen LogP contribution in [0.2, 0.25) is 0 Å². The molecule has 0 saturated heterocycles. The van der Waals surface area contributed by atoms with Crippen LogP contribution in [0.15, 0.2) is 28.8 Å². The van der Waals surface area contributed by atoms with Gasteiger partial charge in [-0.15, -0.1) is 0 Å². The zero-order chi connectivity index (χ0) is 18.3. The van der Waals surface area contributed by atoms with Crippen molar-refractivity contribution in [1.82, 2.24) is 20.4 Å². The van der Waals surface area contributed by atoms with Gasteiger partial charge in [-0.05, 0) is 38.0 Å². The Morgan fingerprint density at radius 2 is 1.96 bits per heavy atom. The summed E-state index contributed by atoms with van der Waals surface area (Å²) in [6.45, 7) is 3.52. The van der Waals surface area contributed by atoms with Crippen molar-refractivity contribution in [3.63, 3.8) is 0 Å². The number of fused-ring (bicyclic) bond motifs is 1. The van der Waals surface area contributed by atoms with Gasteiger partial charge >= 0.3 is 0 Å². The van der Waals surface area contributed by atoms with Crippen molar-refractivity contribution in [3.8, 4) is 0 Å². The molecule has 134 valence electrons. The van der Waals surface area contributed by atoms with Crippen molar-refractivity contribution in [2.75, 3.05) is 0 Å². The second-order valence-electron chi connectivity index (χ2n) is 6.85. The summed E-state index contributed by atoms with van der Waals surface area (Å²) in [7, 11) is 0. The minimum Gasteiger partial charge on any atom is -0.340 e. The first kappa shape index (κ1) is 16.6. The second-order valence-corrected chi connectivity index (χ2v) is 6.85. The number of halogens is 1. The predicted molar refractivity (Wildman–Crippen MR) is 93.1 cm³/mol. The van der Waals surface area contributed by atoms with Crippen molar-refractivity contribution in [3.05, 3.63) is 53.1 Å². The largest absolute Gasteiger partial charge is 0.340 e. The van der Waals surface area contributed by atoms with E-state index in [9.17, 15) is 9.18 Å². The number of carbonyl (C=O) groups is 1. The van der Waals surface area contributed by atoms with Gasteiger partial charge < -0.3 is 9.84 Å². The Morgan fingerprint density at radius 1 is 1.19 bits per heavy atom. The molecule has 4 rings (SSSR count). The molecule has 1 saturated carbocycles. The van der Waals surface area contributed by atoms with E-state index in [-0.39, 0.29) is 11.7 Å². The highest BCUT2D eigenvalue weighted by Gasteiger charge is 2.41. The summed E-state index contributed by atoms with van der Waals surface area (Å²) in [5.74, 6) is 0.371. The molecule has 2 aromatic heterocycles. The molecule has 7 heteroatoms. The Hall–Kier alpha value is -2.83. The summed E-state index contributed by atoms with van der Waals surface area (Å²) in [5.41, 5.74) is 0.965. The summed E-state index contributed by atoms with van der Waals surface area (Å²) in [4.78, 5) is 21.8. The average Bonchev–Trinajstić information content (AvgIpc) is 3.23. The van der Waals surface area contributed by atoms with Gasteiger partial charge in [0.05, 0.1) is 11.1 Å². The number of nitrogens with one attached hydrogen (secondary N) is 1. The van der Waals surface area contributed by atoms with Crippen molar-refractivity contribution in [2.24, 2.45) is 0 Å². The van der Waals surface area contributed by atoms with Crippen LogP contribution in [0.25, 0.3) is 10.9 Å². The van der Waals surface area contributed by atoms with Crippen LogP contribution in [-0.4, -0.2) is 21.0 Å². The summed E-state index contributed by atoms with van der Waals surface area (Å²) in [6.07, 6.45) is 3.48. The standard InChI is InChI=1S/C19H19FN4O2/c1-11-9-15(14-6-5-13(20)10-16(14)21-11)17(25)23-19(7-3-4-8-19)18-22-12(2)26-24-18/h5-6,9-10H,3-4,7-8H2,1-2H3,(H,23,25). The van der Waals surface area contributed by atoms with Gasteiger partial charge in [0.25, 0.3) is 5.91 Å². The van der Waals surface area contributed by atoms with Crippen LogP contribution >= 0.6 is 0 Å². The monoisotopic (exact) mass is 354 g/mol. The van der Waals surface area contributed by atoms with Gasteiger partial charge in [-0.3, -0.25) is 9.78 Å². The number of aromatic nitrogens is 3. The molecule has 6 nitrogen and oxygen atoms in total. The molecule has 0 radical (unpaired) electrons. The summed E-state index contributed by atoms with van der Waals surface area (Å²) >= 11 is 0. The first-order valence-corrected chi connectivity index (χ1v) is 8.67. The fourth-order valence-corrected chi connectivity index (χ4v) is 3.68. The third-order valence-corrected chi connectivity index (χ3v) is 4.91. The predicted octanol–water partition coefficient (Wildman–Crippen LogP) is 3.57. The molecule has 26 heavy (non-hydrogen) atoms. The molecule has 2 heterocycles. The van der Waals surface area contributed by atoms with E-state index in [1.165, 1.54) is 12.1 Å². The lowest BCUT2D eigenvalue weighted by atomic mass is 9.95. The van der Waals surface area contributed by atoms with Crippen molar-refractivity contribution >= 4 is 16.8 Å². The Kier molecular flexibility index (Phi) is 3.94. The third kappa shape index (κ3) is 2.83. The van der Waals surface area contributed by atoms with Gasteiger partial charge in [-0.2, -0.15) is 4.98 Å². The van der Waals surface area contributed by atoms with Crippen molar-refractivity contribution in [2.45, 2.75) is 45.1 Å². The molecular formula is C19H19FN4O2. The topological polar surface area (TPSA) is 80.9 Å². The zero-order valence-electron chi connectivity index (χ0n) is 14.7. The number of nitrogens with zero attached hydrogens (tertiary/aromatic N) is 3. The molecular weight excluding hydrogens is 335 g/mol. The molecule has 1 aliphatic carbocycles. The Balaban J connectivity index is 1.75. The maximum absolute atomic E-state index is 13.5. The number of rotatable bonds is 3. The molecule has 0 unspecified atom stereocenters. The summed E-state index contributed by atoms with van der Waals surface area (Å²) < 4.78 is 18.7. The van der Waals surface area contributed by atoms with Crippen LogP contribution in [0.3, 0.4) is 0 Å². The first-order chi connectivity index (χ1) is 12.5. The lowest BCUT2D eigenvalue weighted by Crippen LogP contribution is -2.44. The van der Waals surface area contributed by atoms with Gasteiger partial charge in [0.15, 0.2) is 5.82 Å². The molecule has 0 spiro atoms. The Morgan fingerprint density at radius 3 is 2.65 bits per heavy atom. The molecule has 1 N–H and O–H groups in total. The Bertz CT molecular complexity index is 987. The van der Waals surface area contributed by atoms with Crippen LogP contribution in [-0.2, 0) is 5.54 Å². The minimum absolute atomic E-state index is 0.239. The summed E-state index contributed by atoms with van der Waals surface area (Å²) in [6, 6.07) is 5.99. The van der Waals surface area contributed by atoms with E-state index < -0.39 is 5.54 Å². The molecule has 0 aliphatic heterocycles. The van der Waals surface area contributed by atoms with Gasteiger partial charge in [0.1, 0.15) is 11.4 Å². The quantitative estimate of drug-likeness (QED) is 0.778. The number of carbonyl (C=O) groups excluding carboxylic acids is 1. The number of aryl methyl sites for hydroxylation is 2. The molecule has 0 bridgehead atoms. The maximum atomic E-state index is 13.5. The van der Waals surface area contributed by atoms with E-state index >= 15 is 0 Å². The highest BCUT2D eigenvalue weighted by atomic mass is 19.1. The summed E-state index contributed by atoms with van der Waals surface area (Å²) in [5, 5.41) is 7.79. The first-order valence-electron chi connectivity index (χ1n) is 8.67. The van der Waals surface area contributed by atoms with E-state index in [1.54, 1.807) is 26.0 Å².